The van der Waals surface area contributed by atoms with Crippen molar-refractivity contribution in [2.75, 3.05) is 0 Å². The molecule has 0 aliphatic rings. The molecule has 1 aromatic heterocycles. The van der Waals surface area contributed by atoms with E-state index in [0.717, 1.165) is 10.0 Å². The summed E-state index contributed by atoms with van der Waals surface area (Å²) in [4.78, 5) is 27.6. The maximum Gasteiger partial charge on any atom is 0.341 e. The summed E-state index contributed by atoms with van der Waals surface area (Å²) < 4.78 is 8.77. The molecule has 0 unspecified atom stereocenters. The molecular weight excluding hydrogens is 413 g/mol. The first-order chi connectivity index (χ1) is 13.2. The number of hydrogen-bond acceptors (Lipinski definition) is 4. The zero-order valence-electron chi connectivity index (χ0n) is 15.4. The van der Waals surface area contributed by atoms with Crippen molar-refractivity contribution < 1.29 is 19.2 Å². The Labute approximate surface area is 171 Å². The molecule has 0 fully saturated rings. The van der Waals surface area contributed by atoms with Crippen LogP contribution in [0, 0.1) is 13.8 Å². The third-order valence-electron chi connectivity index (χ3n) is 3.42. The normalized spacial score (nSPS) is 11.6. The van der Waals surface area contributed by atoms with Crippen LogP contribution in [-0.2, 0) is 4.57 Å². The van der Waals surface area contributed by atoms with Crippen LogP contribution in [0.4, 0.5) is 0 Å². The molecule has 8 heteroatoms. The molecule has 0 bridgehead atoms. The fraction of sp³-hybridized carbons (Fsp3) is 0.100. The lowest BCUT2D eigenvalue weighted by molar-refractivity contribution is -0.214. The predicted molar refractivity (Wildman–Crippen MR) is 117 cm³/mol. The van der Waals surface area contributed by atoms with Crippen LogP contribution in [0.15, 0.2) is 48.5 Å². The first-order valence-electron chi connectivity index (χ1n) is 8.25. The van der Waals surface area contributed by atoms with Gasteiger partial charge in [-0.2, -0.15) is 4.98 Å². The second-order valence-electron chi connectivity index (χ2n) is 5.93. The Morgan fingerprint density at radius 2 is 1.32 bits per heavy atom. The lowest BCUT2D eigenvalue weighted by Gasteiger charge is -2.01. The highest BCUT2D eigenvalue weighted by atomic mass is 32.9. The maximum atomic E-state index is 8.77. The Balaban J connectivity index is 0.000000500. The lowest BCUT2D eigenvalue weighted by atomic mass is 10.1. The highest BCUT2D eigenvalue weighted by Gasteiger charge is 2.10. The van der Waals surface area contributed by atoms with Gasteiger partial charge in [0.15, 0.2) is 15.3 Å². The summed E-state index contributed by atoms with van der Waals surface area (Å²) in [6.07, 6.45) is 8.38. The van der Waals surface area contributed by atoms with Crippen molar-refractivity contribution in [3.8, 4) is 0 Å². The number of aryl methyl sites for hydroxylation is 2. The van der Waals surface area contributed by atoms with Crippen molar-refractivity contribution >= 4 is 52.8 Å². The van der Waals surface area contributed by atoms with E-state index in [2.05, 4.69) is 91.7 Å². The van der Waals surface area contributed by atoms with Crippen LogP contribution < -0.4 is 4.89 Å². The summed E-state index contributed by atoms with van der Waals surface area (Å²) >= 11 is 0. The number of hydrogen-bond donors (Lipinski definition) is 2. The zero-order valence-corrected chi connectivity index (χ0v) is 17.9. The van der Waals surface area contributed by atoms with Gasteiger partial charge in [-0.15, -0.1) is 0 Å². The van der Waals surface area contributed by atoms with Crippen LogP contribution in [0.25, 0.3) is 24.3 Å². The average Bonchev–Trinajstić information content (AvgIpc) is 3.07. The van der Waals surface area contributed by atoms with E-state index in [4.69, 9.17) is 19.2 Å². The molecule has 0 atom stereocenters. The van der Waals surface area contributed by atoms with Crippen LogP contribution in [0.2, 0.25) is 0 Å². The summed E-state index contributed by atoms with van der Waals surface area (Å²) in [6.45, 7) is 4.20. The van der Waals surface area contributed by atoms with Crippen molar-refractivity contribution in [1.29, 1.82) is 0 Å². The minimum absolute atomic E-state index is 1.04. The van der Waals surface area contributed by atoms with Crippen molar-refractivity contribution in [1.82, 2.24) is 4.98 Å². The standard InChI is InChI=1S/C20H18NS2.H3O4P/c1-15-3-7-17(8-4-15)11-13-19-21-20(23-22-19)14-12-18-9-5-16(2)6-10-18;1-5(2,3)4/h3-14H,1-2H3;(H3,1,2,3,4)/q+1;/p-1/b13-11+,14-12+;. The third kappa shape index (κ3) is 9.28. The Morgan fingerprint density at radius 3 is 1.79 bits per heavy atom. The summed E-state index contributed by atoms with van der Waals surface area (Å²) in [6, 6.07) is 17.0. The van der Waals surface area contributed by atoms with Gasteiger partial charge >= 0.3 is 15.3 Å². The molecule has 0 amide bonds. The number of rotatable bonds is 4. The van der Waals surface area contributed by atoms with Crippen molar-refractivity contribution in [2.24, 2.45) is 0 Å². The molecule has 0 aliphatic carbocycles. The van der Waals surface area contributed by atoms with Gasteiger partial charge in [0, 0.05) is 6.08 Å². The molecule has 0 spiro atoms. The largest absolute Gasteiger partial charge is 0.756 e. The summed E-state index contributed by atoms with van der Waals surface area (Å²) in [7, 11) is -1.48. The third-order valence-corrected chi connectivity index (χ3v) is 5.58. The van der Waals surface area contributed by atoms with Crippen molar-refractivity contribution in [3.63, 3.8) is 0 Å². The molecule has 0 radical (unpaired) electrons. The Bertz CT molecular complexity index is 912. The average molecular weight is 433 g/mol. The molecule has 0 aliphatic heterocycles. The van der Waals surface area contributed by atoms with Crippen molar-refractivity contribution in [3.05, 3.63) is 80.8 Å². The molecule has 2 N–H and O–H groups in total. The van der Waals surface area contributed by atoms with E-state index in [-0.39, 0.29) is 0 Å². The molecule has 1 heterocycles. The molecule has 0 saturated carbocycles. The fourth-order valence-electron chi connectivity index (χ4n) is 2.05. The minimum Gasteiger partial charge on any atom is -0.756 e. The molecule has 28 heavy (non-hydrogen) atoms. The number of benzene rings is 2. The van der Waals surface area contributed by atoms with Gasteiger partial charge in [0.25, 0.3) is 7.82 Å². The van der Waals surface area contributed by atoms with Gasteiger partial charge in [0.1, 0.15) is 0 Å². The van der Waals surface area contributed by atoms with Crippen LogP contribution in [0.3, 0.4) is 0 Å². The van der Waals surface area contributed by atoms with Gasteiger partial charge in [0.05, 0.1) is 0 Å². The van der Waals surface area contributed by atoms with E-state index < -0.39 is 7.82 Å². The molecule has 5 nitrogen and oxygen atoms in total. The van der Waals surface area contributed by atoms with Crippen LogP contribution in [0.1, 0.15) is 32.3 Å². The lowest BCUT2D eigenvalue weighted by Crippen LogP contribution is -1.94. The van der Waals surface area contributed by atoms with Crippen LogP contribution >= 0.6 is 28.5 Å². The van der Waals surface area contributed by atoms with E-state index in [1.54, 1.807) is 20.7 Å². The fourth-order valence-corrected chi connectivity index (χ4v) is 3.87. The minimum atomic E-state index is -4.89. The smallest absolute Gasteiger partial charge is 0.341 e. The molecule has 0 saturated heterocycles. The Morgan fingerprint density at radius 1 is 0.893 bits per heavy atom. The predicted octanol–water partition coefficient (Wildman–Crippen LogP) is 4.88. The molecule has 3 aromatic rings. The summed E-state index contributed by atoms with van der Waals surface area (Å²) in [5.41, 5.74) is 4.96. The van der Waals surface area contributed by atoms with Gasteiger partial charge in [-0.25, -0.2) is 0 Å². The van der Waals surface area contributed by atoms with E-state index in [0.29, 0.717) is 0 Å². The quantitative estimate of drug-likeness (QED) is 0.347. The van der Waals surface area contributed by atoms with E-state index in [9.17, 15) is 0 Å². The summed E-state index contributed by atoms with van der Waals surface area (Å²) in [5.74, 6) is 0. The molecular formula is C20H20NO4PS2. The van der Waals surface area contributed by atoms with Crippen LogP contribution in [-0.4, -0.2) is 14.8 Å². The monoisotopic (exact) mass is 433 g/mol. The van der Waals surface area contributed by atoms with Gasteiger partial charge in [-0.3, -0.25) is 4.57 Å². The van der Waals surface area contributed by atoms with Crippen molar-refractivity contribution in [2.45, 2.75) is 13.8 Å². The highest BCUT2D eigenvalue weighted by molar-refractivity contribution is 7.69. The van der Waals surface area contributed by atoms with Gasteiger partial charge in [0.2, 0.25) is 0 Å². The first kappa shape index (κ1) is 22.3. The Kier molecular flexibility index (Phi) is 8.38. The number of aromatic nitrogens is 1. The Hall–Kier alpha value is -1.99. The topological polar surface area (TPSA) is 93.5 Å². The SMILES string of the molecule is Cc1ccc(/C=C/c2nc(/C=C/c3ccc(C)cc3)[s+]s2)cc1.O=P([O-])(O)O. The maximum absolute atomic E-state index is 8.77. The molecule has 146 valence electrons. The van der Waals surface area contributed by atoms with E-state index in [1.807, 2.05) is 0 Å². The second kappa shape index (κ2) is 10.5. The number of nitrogens with zero attached hydrogens (tertiary/aromatic N) is 1. The van der Waals surface area contributed by atoms with E-state index in [1.165, 1.54) is 22.3 Å². The number of phosphoric acid groups is 1. The van der Waals surface area contributed by atoms with E-state index >= 15 is 0 Å². The molecule has 2 aromatic carbocycles. The van der Waals surface area contributed by atoms with Gasteiger partial charge in [-0.1, -0.05) is 65.7 Å². The summed E-state index contributed by atoms with van der Waals surface area (Å²) in [5, 5.41) is 2.08. The highest BCUT2D eigenvalue weighted by Crippen LogP contribution is 2.22. The second-order valence-corrected chi connectivity index (χ2v) is 9.08. The zero-order chi connectivity index (χ0) is 20.6. The van der Waals surface area contributed by atoms with Crippen LogP contribution in [0.5, 0.6) is 0 Å². The molecule has 3 rings (SSSR count). The van der Waals surface area contributed by atoms with Gasteiger partial charge < -0.3 is 14.7 Å². The van der Waals surface area contributed by atoms with Gasteiger partial charge in [-0.05, 0) is 37.1 Å². The first-order valence-corrected chi connectivity index (χ1v) is 11.9.